The van der Waals surface area contributed by atoms with E-state index in [0.717, 1.165) is 11.3 Å². The average Bonchev–Trinajstić information content (AvgIpc) is 3.22. The van der Waals surface area contributed by atoms with Gasteiger partial charge >= 0.3 is 0 Å². The van der Waals surface area contributed by atoms with Gasteiger partial charge in [0.1, 0.15) is 0 Å². The van der Waals surface area contributed by atoms with Crippen LogP contribution in [0.1, 0.15) is 63.5 Å². The van der Waals surface area contributed by atoms with Crippen LogP contribution in [0.2, 0.25) is 0 Å². The van der Waals surface area contributed by atoms with Gasteiger partial charge in [-0.2, -0.15) is 0 Å². The first kappa shape index (κ1) is 27.2. The second-order valence-electron chi connectivity index (χ2n) is 9.82. The van der Waals surface area contributed by atoms with Gasteiger partial charge in [0, 0.05) is 52.6 Å². The van der Waals surface area contributed by atoms with Gasteiger partial charge in [-0.25, -0.2) is 0 Å². The van der Waals surface area contributed by atoms with Crippen LogP contribution in [0, 0.1) is 6.07 Å². The summed E-state index contributed by atoms with van der Waals surface area (Å²) < 4.78 is 2.79. The van der Waals surface area contributed by atoms with Gasteiger partial charge in [-0.3, -0.25) is 4.79 Å². The molecule has 0 fully saturated rings. The molecule has 0 bridgehead atoms. The fourth-order valence-corrected chi connectivity index (χ4v) is 6.54. The quantitative estimate of drug-likeness (QED) is 0.115. The molecule has 1 N–H and O–H groups in total. The van der Waals surface area contributed by atoms with Crippen LogP contribution in [0.25, 0.3) is 42.2 Å². The van der Waals surface area contributed by atoms with Gasteiger partial charge in [0.05, 0.1) is 5.76 Å². The van der Waals surface area contributed by atoms with Crippen LogP contribution in [0.4, 0.5) is 0 Å². The number of fused-ring (bicyclic) bond motifs is 6. The van der Waals surface area contributed by atoms with E-state index in [1.54, 1.807) is 11.1 Å². The van der Waals surface area contributed by atoms with Crippen LogP contribution in [0.3, 0.4) is 0 Å². The van der Waals surface area contributed by atoms with Crippen molar-refractivity contribution in [2.45, 2.75) is 52.4 Å². The third-order valence-corrected chi connectivity index (χ3v) is 8.15. The van der Waals surface area contributed by atoms with Crippen LogP contribution in [-0.2, 0) is 24.9 Å². The van der Waals surface area contributed by atoms with Crippen molar-refractivity contribution < 1.29 is 30.0 Å². The predicted octanol–water partition coefficient (Wildman–Crippen LogP) is 9.11. The van der Waals surface area contributed by atoms with E-state index in [4.69, 9.17) is 10.1 Å². The SMILES string of the molecule is CC(=O)/C=C(/C)O.CC1CCC(C)c2c1ccc1sc3cc4ccnc(-c5[c-]cccc5)c4cc3c21.[Ir]. The van der Waals surface area contributed by atoms with Crippen molar-refractivity contribution in [3.63, 3.8) is 0 Å². The van der Waals surface area contributed by atoms with Crippen LogP contribution in [-0.4, -0.2) is 15.9 Å². The molecule has 0 saturated carbocycles. The number of aliphatic hydroxyl groups is 1. The van der Waals surface area contributed by atoms with Crippen molar-refractivity contribution in [3.8, 4) is 11.3 Å². The molecule has 37 heavy (non-hydrogen) atoms. The van der Waals surface area contributed by atoms with E-state index in [1.807, 2.05) is 29.7 Å². The summed E-state index contributed by atoms with van der Waals surface area (Å²) in [6.07, 6.45) is 5.66. The molecule has 2 aromatic heterocycles. The van der Waals surface area contributed by atoms with Crippen LogP contribution in [0.15, 0.2) is 72.6 Å². The maximum Gasteiger partial charge on any atom is 0.155 e. The molecular weight excluding hydrogens is 655 g/mol. The van der Waals surface area contributed by atoms with Gasteiger partial charge in [0.25, 0.3) is 0 Å². The Morgan fingerprint density at radius 2 is 1.81 bits per heavy atom. The van der Waals surface area contributed by atoms with Crippen molar-refractivity contribution in [3.05, 3.63) is 89.8 Å². The molecule has 191 valence electrons. The number of aromatic nitrogens is 1. The first-order valence-electron chi connectivity index (χ1n) is 12.5. The van der Waals surface area contributed by atoms with Crippen LogP contribution < -0.4 is 0 Å². The Morgan fingerprint density at radius 1 is 1.03 bits per heavy atom. The fourth-order valence-electron chi connectivity index (χ4n) is 5.39. The molecule has 3 aromatic carbocycles. The molecule has 2 unspecified atom stereocenters. The zero-order valence-corrected chi connectivity index (χ0v) is 24.7. The smallest absolute Gasteiger partial charge is 0.155 e. The van der Waals surface area contributed by atoms with E-state index in [0.29, 0.717) is 11.8 Å². The molecule has 1 aliphatic rings. The van der Waals surface area contributed by atoms with E-state index in [-0.39, 0.29) is 31.6 Å². The Balaban J connectivity index is 0.000000356. The molecule has 5 aromatic rings. The second-order valence-corrected chi connectivity index (χ2v) is 10.9. The Hall–Kier alpha value is -2.85. The summed E-state index contributed by atoms with van der Waals surface area (Å²) in [5.74, 6) is 1.21. The Bertz CT molecular complexity index is 1620. The molecule has 1 radical (unpaired) electrons. The molecule has 0 spiro atoms. The molecular formula is C32H30IrNO2S-. The molecule has 1 aliphatic carbocycles. The number of pyridine rings is 1. The minimum atomic E-state index is -0.125. The summed E-state index contributed by atoms with van der Waals surface area (Å²) in [6, 6.07) is 23.1. The number of nitrogens with zero attached hydrogens (tertiary/aromatic N) is 1. The van der Waals surface area contributed by atoms with Crippen LogP contribution >= 0.6 is 11.3 Å². The number of hydrogen-bond acceptors (Lipinski definition) is 4. The number of benzene rings is 3. The predicted molar refractivity (Wildman–Crippen MR) is 152 cm³/mol. The normalized spacial score (nSPS) is 17.1. The summed E-state index contributed by atoms with van der Waals surface area (Å²) >= 11 is 1.93. The molecule has 5 heteroatoms. The molecule has 0 saturated heterocycles. The van der Waals surface area contributed by atoms with Crippen molar-refractivity contribution in [1.82, 2.24) is 4.98 Å². The molecule has 2 heterocycles. The van der Waals surface area contributed by atoms with Gasteiger partial charge in [0.15, 0.2) is 5.78 Å². The summed E-state index contributed by atoms with van der Waals surface area (Å²) in [5, 5.41) is 13.7. The molecule has 0 amide bonds. The van der Waals surface area contributed by atoms with E-state index in [1.165, 1.54) is 63.7 Å². The Morgan fingerprint density at radius 3 is 2.49 bits per heavy atom. The third-order valence-electron chi connectivity index (χ3n) is 7.03. The number of ketones is 1. The Labute approximate surface area is 235 Å². The molecule has 0 aliphatic heterocycles. The van der Waals surface area contributed by atoms with Gasteiger partial charge in [-0.1, -0.05) is 26.0 Å². The number of rotatable bonds is 2. The summed E-state index contributed by atoms with van der Waals surface area (Å²) in [7, 11) is 0. The molecule has 2 atom stereocenters. The first-order valence-corrected chi connectivity index (χ1v) is 13.3. The van der Waals surface area contributed by atoms with Gasteiger partial charge in [-0.05, 0) is 84.3 Å². The number of allylic oxidation sites excluding steroid dienone is 2. The van der Waals surface area contributed by atoms with Gasteiger partial charge in [-0.15, -0.1) is 47.2 Å². The van der Waals surface area contributed by atoms with E-state index < -0.39 is 0 Å². The van der Waals surface area contributed by atoms with E-state index in [9.17, 15) is 4.79 Å². The third kappa shape index (κ3) is 5.40. The summed E-state index contributed by atoms with van der Waals surface area (Å²) in [5.41, 5.74) is 5.22. The minimum absolute atomic E-state index is 0. The van der Waals surface area contributed by atoms with Crippen molar-refractivity contribution >= 4 is 48.1 Å². The fraction of sp³-hybridized carbons (Fsp3) is 0.250. The average molecular weight is 685 g/mol. The first-order chi connectivity index (χ1) is 17.3. The van der Waals surface area contributed by atoms with Crippen molar-refractivity contribution in [2.24, 2.45) is 0 Å². The van der Waals surface area contributed by atoms with E-state index in [2.05, 4.69) is 62.4 Å². The number of carbonyl (C=O) groups excluding carboxylic acids is 1. The summed E-state index contributed by atoms with van der Waals surface area (Å²) in [4.78, 5) is 14.8. The maximum absolute atomic E-state index is 10.0. The van der Waals surface area contributed by atoms with Gasteiger partial charge < -0.3 is 10.1 Å². The van der Waals surface area contributed by atoms with Crippen LogP contribution in [0.5, 0.6) is 0 Å². The molecule has 3 nitrogen and oxygen atoms in total. The van der Waals surface area contributed by atoms with Gasteiger partial charge in [0.2, 0.25) is 0 Å². The minimum Gasteiger partial charge on any atom is -0.512 e. The standard InChI is InChI=1S/C27H22NS.C5H8O2.Ir/c1-16-8-9-17(2)25-20(16)10-11-23-26(25)22-15-21-19(14-24(22)29-23)12-13-28-27(21)18-6-4-3-5-7-18;1-4(6)3-5(2)7;/h3-6,10-17H,8-9H2,1-2H3;3,6H,1-2H3;/q-1;;/b;4-3-;. The zero-order chi connectivity index (χ0) is 25.4. The Kier molecular flexibility index (Phi) is 8.28. The topological polar surface area (TPSA) is 50.2 Å². The maximum atomic E-state index is 10.0. The zero-order valence-electron chi connectivity index (χ0n) is 21.5. The summed E-state index contributed by atoms with van der Waals surface area (Å²) in [6.45, 7) is 7.63. The molecule has 6 rings (SSSR count). The number of aliphatic hydroxyl groups excluding tert-OH is 1. The second kappa shape index (κ2) is 11.3. The number of carbonyl (C=O) groups is 1. The number of hydrogen-bond donors (Lipinski definition) is 1. The number of thiophene rings is 1. The largest absolute Gasteiger partial charge is 0.512 e. The van der Waals surface area contributed by atoms with Crippen molar-refractivity contribution in [2.75, 3.05) is 0 Å². The van der Waals surface area contributed by atoms with Crippen molar-refractivity contribution in [1.29, 1.82) is 0 Å². The monoisotopic (exact) mass is 685 g/mol. The van der Waals surface area contributed by atoms with E-state index >= 15 is 0 Å².